The van der Waals surface area contributed by atoms with E-state index in [-0.39, 0.29) is 29.6 Å². The van der Waals surface area contributed by atoms with E-state index >= 15 is 0 Å². The van der Waals surface area contributed by atoms with Gasteiger partial charge in [0.25, 0.3) is 0 Å². The van der Waals surface area contributed by atoms with E-state index in [1.165, 1.54) is 0 Å². The van der Waals surface area contributed by atoms with E-state index in [1.807, 2.05) is 60.7 Å². The molecule has 0 unspecified atom stereocenters. The molecule has 0 radical (unpaired) electrons. The summed E-state index contributed by atoms with van der Waals surface area (Å²) < 4.78 is 0. The van der Waals surface area contributed by atoms with Crippen molar-refractivity contribution in [2.45, 2.75) is 0 Å². The molecule has 2 aromatic carbocycles. The molecule has 0 amide bonds. The first-order chi connectivity index (χ1) is 6.88. The topological polar surface area (TPSA) is 20.2 Å². The standard InChI is InChI=1S/C13H11O.Na/c14-13(11-7-3-1-4-8-11)12-9-5-2-6-10-12;/h1-10,14H;/q-1;+1. The summed E-state index contributed by atoms with van der Waals surface area (Å²) in [7, 11) is 0. The number of hydrogen-bond donors (Lipinski definition) is 1. The third kappa shape index (κ3) is 3.11. The van der Waals surface area contributed by atoms with Crippen LogP contribution in [0.4, 0.5) is 0 Å². The van der Waals surface area contributed by atoms with Gasteiger partial charge in [0.2, 0.25) is 0 Å². The third-order valence-electron chi connectivity index (χ3n) is 2.09. The summed E-state index contributed by atoms with van der Waals surface area (Å²) in [6, 6.07) is 19.1. The largest absolute Gasteiger partial charge is 1.00 e. The molecule has 0 atom stereocenters. The van der Waals surface area contributed by atoms with Crippen molar-refractivity contribution in [1.29, 1.82) is 0 Å². The second-order valence-electron chi connectivity index (χ2n) is 3.08. The predicted octanol–water partition coefficient (Wildman–Crippen LogP) is -0.00851. The fourth-order valence-corrected chi connectivity index (χ4v) is 1.36. The van der Waals surface area contributed by atoms with Crippen molar-refractivity contribution in [1.82, 2.24) is 0 Å². The zero-order valence-corrected chi connectivity index (χ0v) is 10.7. The SMILES string of the molecule is O[C-](c1ccccc1)c1ccccc1.[Na+]. The number of aliphatic hydroxyl groups is 1. The van der Waals surface area contributed by atoms with Crippen LogP contribution in [0, 0.1) is 6.10 Å². The van der Waals surface area contributed by atoms with Gasteiger partial charge in [-0.05, 0) is 0 Å². The van der Waals surface area contributed by atoms with Crippen molar-refractivity contribution in [3.63, 3.8) is 0 Å². The van der Waals surface area contributed by atoms with Gasteiger partial charge in [-0.1, -0.05) is 47.5 Å². The van der Waals surface area contributed by atoms with Crippen LogP contribution in [0.2, 0.25) is 0 Å². The Kier molecular flexibility index (Phi) is 4.92. The number of aliphatic hydroxyl groups excluding tert-OH is 1. The second-order valence-corrected chi connectivity index (χ2v) is 3.08. The summed E-state index contributed by atoms with van der Waals surface area (Å²) in [6.45, 7) is 0. The maximum Gasteiger partial charge on any atom is 1.00 e. The molecule has 0 fully saturated rings. The van der Waals surface area contributed by atoms with Crippen LogP contribution >= 0.6 is 0 Å². The summed E-state index contributed by atoms with van der Waals surface area (Å²) in [5.74, 6) is 0. The molecule has 0 aliphatic carbocycles. The van der Waals surface area contributed by atoms with Gasteiger partial charge in [-0.3, -0.25) is 0 Å². The molecule has 1 nitrogen and oxygen atoms in total. The quantitative estimate of drug-likeness (QED) is 0.541. The van der Waals surface area contributed by atoms with Crippen molar-refractivity contribution in [2.24, 2.45) is 0 Å². The zero-order valence-electron chi connectivity index (χ0n) is 8.72. The molecule has 2 heteroatoms. The van der Waals surface area contributed by atoms with Gasteiger partial charge in [-0.2, -0.15) is 0 Å². The molecular weight excluding hydrogens is 195 g/mol. The Bertz CT molecular complexity index is 346. The summed E-state index contributed by atoms with van der Waals surface area (Å²) in [5, 5.41) is 9.91. The average molecular weight is 206 g/mol. The summed E-state index contributed by atoms with van der Waals surface area (Å²) in [5.41, 5.74) is 1.69. The molecule has 0 aromatic heterocycles. The molecule has 70 valence electrons. The van der Waals surface area contributed by atoms with Gasteiger partial charge in [-0.25, -0.2) is 0 Å². The monoisotopic (exact) mass is 206 g/mol. The summed E-state index contributed by atoms with van der Waals surface area (Å²) in [4.78, 5) is 0. The molecule has 0 bridgehead atoms. The Hall–Kier alpha value is -0.730. The van der Waals surface area contributed by atoms with Crippen molar-refractivity contribution < 1.29 is 34.7 Å². The van der Waals surface area contributed by atoms with Crippen LogP contribution in [0.1, 0.15) is 11.1 Å². The number of benzene rings is 2. The van der Waals surface area contributed by atoms with Crippen LogP contribution < -0.4 is 29.6 Å². The van der Waals surface area contributed by atoms with Crippen LogP contribution in [-0.4, -0.2) is 5.11 Å². The van der Waals surface area contributed by atoms with Gasteiger partial charge in [0, 0.05) is 6.10 Å². The second kappa shape index (κ2) is 5.99. The smallest absolute Gasteiger partial charge is 0.398 e. The van der Waals surface area contributed by atoms with Gasteiger partial charge in [0.05, 0.1) is 0 Å². The first-order valence-electron chi connectivity index (χ1n) is 4.54. The average Bonchev–Trinajstić information content (AvgIpc) is 2.30. The molecule has 0 spiro atoms. The molecular formula is C13H11NaO. The fourth-order valence-electron chi connectivity index (χ4n) is 1.36. The minimum Gasteiger partial charge on any atom is -0.398 e. The Morgan fingerprint density at radius 1 is 0.667 bits per heavy atom. The van der Waals surface area contributed by atoms with E-state index in [4.69, 9.17) is 0 Å². The number of hydrogen-bond acceptors (Lipinski definition) is 1. The first-order valence-corrected chi connectivity index (χ1v) is 4.54. The van der Waals surface area contributed by atoms with Crippen LogP contribution in [0.25, 0.3) is 0 Å². The normalized spacial score (nSPS) is 9.13. The van der Waals surface area contributed by atoms with Crippen molar-refractivity contribution in [3.8, 4) is 0 Å². The van der Waals surface area contributed by atoms with Crippen LogP contribution in [0.15, 0.2) is 60.7 Å². The Labute approximate surface area is 112 Å². The van der Waals surface area contributed by atoms with Crippen molar-refractivity contribution in [2.75, 3.05) is 0 Å². The molecule has 0 aliphatic rings. The first kappa shape index (κ1) is 12.3. The molecule has 0 aliphatic heterocycles. The van der Waals surface area contributed by atoms with Crippen LogP contribution in [-0.2, 0) is 0 Å². The Morgan fingerprint density at radius 3 is 1.33 bits per heavy atom. The summed E-state index contributed by atoms with van der Waals surface area (Å²) >= 11 is 0. The van der Waals surface area contributed by atoms with Crippen molar-refractivity contribution in [3.05, 3.63) is 77.9 Å². The van der Waals surface area contributed by atoms with E-state index in [2.05, 4.69) is 0 Å². The van der Waals surface area contributed by atoms with Gasteiger partial charge >= 0.3 is 29.6 Å². The molecule has 15 heavy (non-hydrogen) atoms. The van der Waals surface area contributed by atoms with Gasteiger partial charge < -0.3 is 5.11 Å². The Balaban J connectivity index is 0.00000112. The van der Waals surface area contributed by atoms with E-state index in [0.29, 0.717) is 6.10 Å². The van der Waals surface area contributed by atoms with E-state index in [1.54, 1.807) is 0 Å². The third-order valence-corrected chi connectivity index (χ3v) is 2.09. The van der Waals surface area contributed by atoms with E-state index in [0.717, 1.165) is 11.1 Å². The maximum absolute atomic E-state index is 9.91. The van der Waals surface area contributed by atoms with Crippen molar-refractivity contribution >= 4 is 0 Å². The molecule has 2 rings (SSSR count). The van der Waals surface area contributed by atoms with Gasteiger partial charge in [0.15, 0.2) is 0 Å². The zero-order chi connectivity index (χ0) is 9.80. The molecule has 1 N–H and O–H groups in total. The van der Waals surface area contributed by atoms with Gasteiger partial charge in [-0.15, -0.1) is 24.3 Å². The molecule has 0 saturated carbocycles. The molecule has 0 heterocycles. The Morgan fingerprint density at radius 2 is 1.00 bits per heavy atom. The number of rotatable bonds is 2. The summed E-state index contributed by atoms with van der Waals surface area (Å²) in [6.07, 6.45) is 0.325. The predicted molar refractivity (Wildman–Crippen MR) is 56.3 cm³/mol. The minimum absolute atomic E-state index is 0. The minimum atomic E-state index is 0. The maximum atomic E-state index is 9.91. The van der Waals surface area contributed by atoms with Crippen LogP contribution in [0.3, 0.4) is 0 Å². The van der Waals surface area contributed by atoms with Gasteiger partial charge in [0.1, 0.15) is 0 Å². The molecule has 2 aromatic rings. The fraction of sp³-hybridized carbons (Fsp3) is 0. The van der Waals surface area contributed by atoms with E-state index < -0.39 is 0 Å². The molecule has 0 saturated heterocycles. The van der Waals surface area contributed by atoms with Crippen LogP contribution in [0.5, 0.6) is 0 Å². The van der Waals surface area contributed by atoms with E-state index in [9.17, 15) is 5.11 Å².